The van der Waals surface area contributed by atoms with Gasteiger partial charge in [0.15, 0.2) is 5.11 Å². The van der Waals surface area contributed by atoms with Gasteiger partial charge in [-0.1, -0.05) is 18.9 Å². The maximum atomic E-state index is 12.4. The number of carbonyl (C=O) groups is 1. The molecular formula is C29H35N5O3S. The van der Waals surface area contributed by atoms with Crippen LogP contribution in [0, 0.1) is 13.8 Å². The lowest BCUT2D eigenvalue weighted by Gasteiger charge is -2.29. The number of carbonyl (C=O) groups excluding carboxylic acids is 1. The summed E-state index contributed by atoms with van der Waals surface area (Å²) in [6.45, 7) is 4.38. The molecule has 1 aromatic carbocycles. The summed E-state index contributed by atoms with van der Waals surface area (Å²) < 4.78 is 13.0. The number of hydrogen-bond acceptors (Lipinski definition) is 5. The predicted octanol–water partition coefficient (Wildman–Crippen LogP) is 5.39. The Hall–Kier alpha value is -3.43. The van der Waals surface area contributed by atoms with Gasteiger partial charge in [-0.3, -0.25) is 9.78 Å². The summed E-state index contributed by atoms with van der Waals surface area (Å²) in [5, 5.41) is 7.06. The van der Waals surface area contributed by atoms with E-state index in [0.29, 0.717) is 22.6 Å². The molecule has 0 unspecified atom stereocenters. The number of nitrogens with zero attached hydrogens (tertiary/aromatic N) is 3. The van der Waals surface area contributed by atoms with Crippen LogP contribution < -0.4 is 20.3 Å². The summed E-state index contributed by atoms with van der Waals surface area (Å²) >= 11 is 5.94. The molecule has 1 aliphatic heterocycles. The van der Waals surface area contributed by atoms with Crippen LogP contribution in [0.1, 0.15) is 66.5 Å². The molecule has 38 heavy (non-hydrogen) atoms. The number of pyridine rings is 1. The third-order valence-corrected chi connectivity index (χ3v) is 7.96. The predicted molar refractivity (Wildman–Crippen MR) is 153 cm³/mol. The van der Waals surface area contributed by atoms with Gasteiger partial charge in [-0.25, -0.2) is 0 Å². The maximum Gasteiger partial charge on any atom is 0.250 e. The Balaban J connectivity index is 1.61. The molecule has 5 rings (SSSR count). The van der Waals surface area contributed by atoms with Crippen molar-refractivity contribution in [2.45, 2.75) is 57.7 Å². The maximum absolute atomic E-state index is 12.4. The van der Waals surface area contributed by atoms with Crippen LogP contribution in [0.3, 0.4) is 0 Å². The lowest BCUT2D eigenvalue weighted by molar-refractivity contribution is -0.119. The quantitative estimate of drug-likeness (QED) is 0.376. The number of rotatable bonds is 8. The van der Waals surface area contributed by atoms with E-state index < -0.39 is 0 Å². The average molecular weight is 534 g/mol. The fourth-order valence-electron chi connectivity index (χ4n) is 6.04. The molecule has 0 spiro atoms. The number of aromatic nitrogens is 2. The molecule has 2 fully saturated rings. The van der Waals surface area contributed by atoms with E-state index in [1.54, 1.807) is 7.11 Å². The van der Waals surface area contributed by atoms with Crippen LogP contribution in [0.2, 0.25) is 0 Å². The summed E-state index contributed by atoms with van der Waals surface area (Å²) in [7, 11) is 3.08. The fraction of sp³-hybridized carbons (Fsp3) is 0.414. The van der Waals surface area contributed by atoms with Crippen LogP contribution in [0.15, 0.2) is 48.7 Å². The van der Waals surface area contributed by atoms with E-state index in [2.05, 4.69) is 40.0 Å². The summed E-state index contributed by atoms with van der Waals surface area (Å²) in [4.78, 5) is 19.2. The summed E-state index contributed by atoms with van der Waals surface area (Å²) in [6, 6.07) is 14.3. The number of thiocarbonyl (C=S) groups is 1. The zero-order chi connectivity index (χ0) is 26.8. The smallest absolute Gasteiger partial charge is 0.250 e. The van der Waals surface area contributed by atoms with Crippen molar-refractivity contribution in [3.63, 3.8) is 0 Å². The number of benzene rings is 1. The van der Waals surface area contributed by atoms with Crippen molar-refractivity contribution in [1.82, 2.24) is 14.9 Å². The first-order chi connectivity index (χ1) is 18.4. The average Bonchev–Trinajstić information content (AvgIpc) is 3.62. The Morgan fingerprint density at radius 2 is 1.95 bits per heavy atom. The SMILES string of the molecule is COCC(=O)Nc1cc(N2C(=S)N[C@H](c3ccccn3)[C@H]2c2cc(C)n(C3CCCC3)c2C)ccc1OC. The third kappa shape index (κ3) is 4.88. The Bertz CT molecular complexity index is 1320. The van der Waals surface area contributed by atoms with Crippen molar-refractivity contribution in [2.75, 3.05) is 31.0 Å². The first-order valence-corrected chi connectivity index (χ1v) is 13.5. The number of nitrogens with one attached hydrogen (secondary N) is 2. The second-order valence-electron chi connectivity index (χ2n) is 10.00. The van der Waals surface area contributed by atoms with E-state index >= 15 is 0 Å². The Labute approximate surface area is 229 Å². The van der Waals surface area contributed by atoms with Gasteiger partial charge in [0.05, 0.1) is 30.6 Å². The van der Waals surface area contributed by atoms with Crippen molar-refractivity contribution < 1.29 is 14.3 Å². The molecule has 1 aliphatic carbocycles. The highest BCUT2D eigenvalue weighted by atomic mass is 32.1. The molecule has 3 heterocycles. The van der Waals surface area contributed by atoms with Gasteiger partial charge in [0.25, 0.3) is 0 Å². The summed E-state index contributed by atoms with van der Waals surface area (Å²) in [5.74, 6) is 0.307. The van der Waals surface area contributed by atoms with Crippen molar-refractivity contribution in [3.8, 4) is 5.75 Å². The van der Waals surface area contributed by atoms with E-state index in [9.17, 15) is 4.79 Å². The van der Waals surface area contributed by atoms with Gasteiger partial charge in [0.2, 0.25) is 5.91 Å². The van der Waals surface area contributed by atoms with Gasteiger partial charge in [-0.05, 0) is 80.9 Å². The second kappa shape index (κ2) is 11.1. The minimum absolute atomic E-state index is 0.0470. The van der Waals surface area contributed by atoms with E-state index in [1.807, 2.05) is 42.6 Å². The fourth-order valence-corrected chi connectivity index (χ4v) is 6.38. The topological polar surface area (TPSA) is 80.7 Å². The molecule has 2 N–H and O–H groups in total. The van der Waals surface area contributed by atoms with Crippen molar-refractivity contribution >= 4 is 34.6 Å². The van der Waals surface area contributed by atoms with Crippen LogP contribution in [0.4, 0.5) is 11.4 Å². The second-order valence-corrected chi connectivity index (χ2v) is 10.4. The molecule has 1 saturated heterocycles. The zero-order valence-electron chi connectivity index (χ0n) is 22.4. The van der Waals surface area contributed by atoms with E-state index in [4.69, 9.17) is 26.7 Å². The largest absolute Gasteiger partial charge is 0.495 e. The monoisotopic (exact) mass is 533 g/mol. The highest BCUT2D eigenvalue weighted by molar-refractivity contribution is 7.80. The van der Waals surface area contributed by atoms with Crippen LogP contribution in [0.25, 0.3) is 0 Å². The zero-order valence-corrected chi connectivity index (χ0v) is 23.2. The van der Waals surface area contributed by atoms with Gasteiger partial charge < -0.3 is 29.6 Å². The lowest BCUT2D eigenvalue weighted by Crippen LogP contribution is -2.30. The molecule has 200 valence electrons. The van der Waals surface area contributed by atoms with Gasteiger partial charge >= 0.3 is 0 Å². The van der Waals surface area contributed by atoms with E-state index in [-0.39, 0.29) is 24.6 Å². The molecule has 0 radical (unpaired) electrons. The van der Waals surface area contributed by atoms with Crippen LogP contribution in [0.5, 0.6) is 5.75 Å². The number of aryl methyl sites for hydroxylation is 1. The first kappa shape index (κ1) is 26.2. The van der Waals surface area contributed by atoms with Crippen LogP contribution in [-0.2, 0) is 9.53 Å². The molecule has 8 nitrogen and oxygen atoms in total. The Morgan fingerprint density at radius 1 is 1.16 bits per heavy atom. The van der Waals surface area contributed by atoms with E-state index in [0.717, 1.165) is 11.4 Å². The van der Waals surface area contributed by atoms with Gasteiger partial charge in [-0.2, -0.15) is 0 Å². The molecule has 2 atom stereocenters. The highest BCUT2D eigenvalue weighted by Crippen LogP contribution is 2.46. The van der Waals surface area contributed by atoms with Crippen molar-refractivity contribution in [2.24, 2.45) is 0 Å². The minimum Gasteiger partial charge on any atom is -0.495 e. The van der Waals surface area contributed by atoms with Gasteiger partial charge in [-0.15, -0.1) is 0 Å². The lowest BCUT2D eigenvalue weighted by atomic mass is 9.96. The number of hydrogen-bond donors (Lipinski definition) is 2. The molecular weight excluding hydrogens is 498 g/mol. The molecule has 0 bridgehead atoms. The molecule has 2 aliphatic rings. The first-order valence-electron chi connectivity index (χ1n) is 13.1. The highest BCUT2D eigenvalue weighted by Gasteiger charge is 2.42. The van der Waals surface area contributed by atoms with E-state index in [1.165, 1.54) is 49.7 Å². The molecule has 9 heteroatoms. The number of ether oxygens (including phenoxy) is 2. The molecule has 2 aromatic heterocycles. The van der Waals surface area contributed by atoms with Gasteiger partial charge in [0.1, 0.15) is 12.4 Å². The summed E-state index contributed by atoms with van der Waals surface area (Å²) in [5.41, 5.74) is 6.09. The third-order valence-electron chi connectivity index (χ3n) is 7.64. The van der Waals surface area contributed by atoms with Crippen LogP contribution in [-0.4, -0.2) is 41.4 Å². The number of amides is 1. The van der Waals surface area contributed by atoms with Crippen LogP contribution >= 0.6 is 12.2 Å². The molecule has 3 aromatic rings. The molecule has 1 saturated carbocycles. The Kier molecular flexibility index (Phi) is 7.67. The number of methoxy groups -OCH3 is 2. The number of anilines is 2. The van der Waals surface area contributed by atoms with Crippen molar-refractivity contribution in [1.29, 1.82) is 0 Å². The minimum atomic E-state index is -0.256. The van der Waals surface area contributed by atoms with Crippen molar-refractivity contribution in [3.05, 3.63) is 71.3 Å². The standard InChI is InChI=1S/C29H35N5O3S/c1-18-15-22(19(2)33(18)20-9-5-6-10-20)28-27(23-11-7-8-14-30-23)32-29(38)34(28)21-12-13-25(37-4)24(16-21)31-26(35)17-36-3/h7-8,11-16,20,27-28H,5-6,9-10,17H2,1-4H3,(H,31,35)(H,32,38)/t27-,28-/m1/s1. The summed E-state index contributed by atoms with van der Waals surface area (Å²) in [6.07, 6.45) is 6.80. The Morgan fingerprint density at radius 3 is 2.63 bits per heavy atom. The normalized spacial score (nSPS) is 19.6. The molecule has 1 amide bonds. The van der Waals surface area contributed by atoms with Gasteiger partial charge in [0, 0.05) is 36.4 Å².